The van der Waals surface area contributed by atoms with Crippen molar-refractivity contribution in [1.29, 1.82) is 0 Å². The number of aliphatic hydroxyl groups is 1. The number of alkyl halides is 3. The van der Waals surface area contributed by atoms with Crippen molar-refractivity contribution in [2.45, 2.75) is 37.1 Å². The maximum atomic E-state index is 12.6. The quantitative estimate of drug-likeness (QED) is 0.702. The third-order valence-electron chi connectivity index (χ3n) is 4.22. The zero-order valence-corrected chi connectivity index (χ0v) is 13.9. The second kappa shape index (κ2) is 8.33. The van der Waals surface area contributed by atoms with Crippen LogP contribution < -0.4 is 5.73 Å². The third kappa shape index (κ3) is 5.31. The Hall–Kier alpha value is -2.38. The standard InChI is InChI=1S/C19H20F3NO3/c20-19(21,22)14-8-6-12(7-9-14)10-16(23)17(24)11-15(18(25)26)13-4-2-1-3-5-13/h1-9,15-17,24H,10-11,23H2,(H,25,26). The Morgan fingerprint density at radius 2 is 1.62 bits per heavy atom. The maximum Gasteiger partial charge on any atom is 0.416 e. The van der Waals surface area contributed by atoms with Gasteiger partial charge in [-0.05, 0) is 36.1 Å². The van der Waals surface area contributed by atoms with E-state index < -0.39 is 35.8 Å². The van der Waals surface area contributed by atoms with E-state index in [0.717, 1.165) is 12.1 Å². The average molecular weight is 367 g/mol. The number of hydrogen-bond donors (Lipinski definition) is 3. The topological polar surface area (TPSA) is 83.5 Å². The van der Waals surface area contributed by atoms with Crippen molar-refractivity contribution in [1.82, 2.24) is 0 Å². The predicted octanol–water partition coefficient (Wildman–Crippen LogP) is 3.19. The van der Waals surface area contributed by atoms with Crippen LogP contribution in [0.2, 0.25) is 0 Å². The van der Waals surface area contributed by atoms with Crippen LogP contribution >= 0.6 is 0 Å². The van der Waals surface area contributed by atoms with Gasteiger partial charge in [0.2, 0.25) is 0 Å². The number of benzene rings is 2. The molecule has 4 N–H and O–H groups in total. The Kier molecular flexibility index (Phi) is 6.39. The van der Waals surface area contributed by atoms with E-state index in [1.165, 1.54) is 12.1 Å². The second-order valence-electron chi connectivity index (χ2n) is 6.17. The highest BCUT2D eigenvalue weighted by Crippen LogP contribution is 2.29. The molecule has 0 radical (unpaired) electrons. The van der Waals surface area contributed by atoms with Gasteiger partial charge in [-0.3, -0.25) is 4.79 Å². The number of aliphatic carboxylic acids is 1. The summed E-state index contributed by atoms with van der Waals surface area (Å²) in [6, 6.07) is 12.2. The smallest absolute Gasteiger partial charge is 0.416 e. The van der Waals surface area contributed by atoms with E-state index in [0.29, 0.717) is 11.1 Å². The van der Waals surface area contributed by atoms with Crippen LogP contribution in [0.3, 0.4) is 0 Å². The molecule has 0 heterocycles. The van der Waals surface area contributed by atoms with Crippen LogP contribution in [0.15, 0.2) is 54.6 Å². The van der Waals surface area contributed by atoms with E-state index in [1.54, 1.807) is 30.3 Å². The van der Waals surface area contributed by atoms with Crippen LogP contribution in [0, 0.1) is 0 Å². The number of carboxylic acids is 1. The highest BCUT2D eigenvalue weighted by molar-refractivity contribution is 5.76. The van der Waals surface area contributed by atoms with E-state index in [4.69, 9.17) is 5.73 Å². The van der Waals surface area contributed by atoms with E-state index >= 15 is 0 Å². The lowest BCUT2D eigenvalue weighted by molar-refractivity contribution is -0.140. The van der Waals surface area contributed by atoms with Gasteiger partial charge < -0.3 is 15.9 Å². The largest absolute Gasteiger partial charge is 0.481 e. The van der Waals surface area contributed by atoms with E-state index in [1.807, 2.05) is 0 Å². The molecule has 140 valence electrons. The summed E-state index contributed by atoms with van der Waals surface area (Å²) in [4.78, 5) is 11.5. The molecule has 0 saturated carbocycles. The van der Waals surface area contributed by atoms with E-state index in [-0.39, 0.29) is 12.8 Å². The minimum Gasteiger partial charge on any atom is -0.481 e. The lowest BCUT2D eigenvalue weighted by atomic mass is 9.89. The Morgan fingerprint density at radius 1 is 1.04 bits per heavy atom. The Bertz CT molecular complexity index is 717. The molecule has 3 atom stereocenters. The van der Waals surface area contributed by atoms with Gasteiger partial charge in [0.1, 0.15) is 0 Å². The van der Waals surface area contributed by atoms with Gasteiger partial charge in [-0.2, -0.15) is 13.2 Å². The first-order valence-corrected chi connectivity index (χ1v) is 8.06. The van der Waals surface area contributed by atoms with Crippen molar-refractivity contribution >= 4 is 5.97 Å². The lowest BCUT2D eigenvalue weighted by Gasteiger charge is -2.22. The zero-order chi connectivity index (χ0) is 19.3. The first kappa shape index (κ1) is 19.9. The van der Waals surface area contributed by atoms with Crippen LogP contribution in [-0.4, -0.2) is 28.3 Å². The molecule has 4 nitrogen and oxygen atoms in total. The molecule has 26 heavy (non-hydrogen) atoms. The van der Waals surface area contributed by atoms with E-state index in [9.17, 15) is 28.2 Å². The number of carbonyl (C=O) groups is 1. The van der Waals surface area contributed by atoms with Gasteiger partial charge in [0.05, 0.1) is 17.6 Å². The van der Waals surface area contributed by atoms with Gasteiger partial charge >= 0.3 is 12.1 Å². The van der Waals surface area contributed by atoms with Crippen molar-refractivity contribution in [2.24, 2.45) is 5.73 Å². The van der Waals surface area contributed by atoms with Crippen LogP contribution in [-0.2, 0) is 17.4 Å². The van der Waals surface area contributed by atoms with Crippen molar-refractivity contribution < 1.29 is 28.2 Å². The fourth-order valence-electron chi connectivity index (χ4n) is 2.72. The van der Waals surface area contributed by atoms with Crippen molar-refractivity contribution in [3.8, 4) is 0 Å². The molecule has 0 aliphatic heterocycles. The van der Waals surface area contributed by atoms with Gasteiger partial charge in [0, 0.05) is 6.04 Å². The van der Waals surface area contributed by atoms with Crippen LogP contribution in [0.5, 0.6) is 0 Å². The third-order valence-corrected chi connectivity index (χ3v) is 4.22. The molecule has 2 rings (SSSR count). The van der Waals surface area contributed by atoms with Gasteiger partial charge in [-0.15, -0.1) is 0 Å². The summed E-state index contributed by atoms with van der Waals surface area (Å²) in [5.74, 6) is -1.98. The first-order valence-electron chi connectivity index (χ1n) is 8.06. The summed E-state index contributed by atoms with van der Waals surface area (Å²) >= 11 is 0. The number of rotatable bonds is 7. The zero-order valence-electron chi connectivity index (χ0n) is 13.9. The molecule has 0 bridgehead atoms. The minimum absolute atomic E-state index is 0.0822. The summed E-state index contributed by atoms with van der Waals surface area (Å²) in [5.41, 5.74) is 6.27. The van der Waals surface area contributed by atoms with Gasteiger partial charge in [0.25, 0.3) is 0 Å². The normalized spacial score (nSPS) is 15.3. The van der Waals surface area contributed by atoms with Gasteiger partial charge in [0.15, 0.2) is 0 Å². The SMILES string of the molecule is NC(Cc1ccc(C(F)(F)F)cc1)C(O)CC(C(=O)O)c1ccccc1. The number of carboxylic acid groups (broad SMARTS) is 1. The summed E-state index contributed by atoms with van der Waals surface area (Å²) < 4.78 is 37.7. The lowest BCUT2D eigenvalue weighted by Crippen LogP contribution is -2.38. The number of aliphatic hydroxyl groups excluding tert-OH is 1. The molecule has 7 heteroatoms. The minimum atomic E-state index is -4.41. The molecule has 0 aromatic heterocycles. The highest BCUT2D eigenvalue weighted by atomic mass is 19.4. The summed E-state index contributed by atoms with van der Waals surface area (Å²) in [6.45, 7) is 0. The number of halogens is 3. The Balaban J connectivity index is 2.02. The molecule has 0 aliphatic carbocycles. The van der Waals surface area contributed by atoms with Crippen LogP contribution in [0.25, 0.3) is 0 Å². The second-order valence-corrected chi connectivity index (χ2v) is 6.17. The van der Waals surface area contributed by atoms with Gasteiger partial charge in [-0.1, -0.05) is 42.5 Å². The molecule has 0 aliphatic rings. The summed E-state index contributed by atoms with van der Waals surface area (Å²) in [5, 5.41) is 19.7. The number of hydrogen-bond acceptors (Lipinski definition) is 3. The number of nitrogens with two attached hydrogens (primary N) is 1. The maximum absolute atomic E-state index is 12.6. The van der Waals surface area contributed by atoms with Crippen molar-refractivity contribution in [2.75, 3.05) is 0 Å². The highest BCUT2D eigenvalue weighted by Gasteiger charge is 2.30. The van der Waals surface area contributed by atoms with Gasteiger partial charge in [-0.25, -0.2) is 0 Å². The fraction of sp³-hybridized carbons (Fsp3) is 0.316. The molecule has 0 saturated heterocycles. The predicted molar refractivity (Wildman–Crippen MR) is 90.6 cm³/mol. The summed E-state index contributed by atoms with van der Waals surface area (Å²) in [6.07, 6.45) is -5.47. The Labute approximate surface area is 149 Å². The molecule has 0 fully saturated rings. The van der Waals surface area contributed by atoms with Crippen LogP contribution in [0.1, 0.15) is 29.0 Å². The monoisotopic (exact) mass is 367 g/mol. The molecule has 2 aromatic rings. The first-order chi connectivity index (χ1) is 12.2. The molecule has 0 spiro atoms. The van der Waals surface area contributed by atoms with Crippen molar-refractivity contribution in [3.63, 3.8) is 0 Å². The molecule has 2 aromatic carbocycles. The molecular formula is C19H20F3NO3. The Morgan fingerprint density at radius 3 is 2.12 bits per heavy atom. The average Bonchev–Trinajstić information content (AvgIpc) is 2.59. The van der Waals surface area contributed by atoms with Crippen molar-refractivity contribution in [3.05, 3.63) is 71.3 Å². The molecular weight excluding hydrogens is 347 g/mol. The summed E-state index contributed by atoms with van der Waals surface area (Å²) in [7, 11) is 0. The molecule has 3 unspecified atom stereocenters. The van der Waals surface area contributed by atoms with Crippen LogP contribution in [0.4, 0.5) is 13.2 Å². The fourth-order valence-corrected chi connectivity index (χ4v) is 2.72. The van der Waals surface area contributed by atoms with E-state index in [2.05, 4.69) is 0 Å². The molecule has 0 amide bonds.